The third-order valence-electron chi connectivity index (χ3n) is 5.45. The van der Waals surface area contributed by atoms with E-state index in [9.17, 15) is 9.59 Å². The molecule has 3 rings (SSSR count). The van der Waals surface area contributed by atoms with Gasteiger partial charge >= 0.3 is 5.97 Å². The van der Waals surface area contributed by atoms with E-state index in [0.29, 0.717) is 5.75 Å². The van der Waals surface area contributed by atoms with Crippen molar-refractivity contribution in [3.63, 3.8) is 0 Å². The van der Waals surface area contributed by atoms with Crippen LogP contribution in [0, 0.1) is 13.8 Å². The monoisotopic (exact) mass is 393 g/mol. The Morgan fingerprint density at radius 2 is 1.76 bits per heavy atom. The van der Waals surface area contributed by atoms with Gasteiger partial charge in [0.1, 0.15) is 5.75 Å². The maximum absolute atomic E-state index is 12.4. The molecule has 2 aromatic carbocycles. The van der Waals surface area contributed by atoms with Gasteiger partial charge in [0.15, 0.2) is 19.0 Å². The molecule has 29 heavy (non-hydrogen) atoms. The quantitative estimate of drug-likeness (QED) is 0.546. The summed E-state index contributed by atoms with van der Waals surface area (Å²) < 4.78 is 10.5. The molecule has 2 aromatic rings. The number of esters is 1. The number of anilines is 1. The number of ether oxygens (including phenoxy) is 2. The van der Waals surface area contributed by atoms with E-state index in [2.05, 4.69) is 19.9 Å². The van der Waals surface area contributed by atoms with E-state index in [4.69, 9.17) is 9.47 Å². The number of allylic oxidation sites excluding steroid dienone is 1. The zero-order chi connectivity index (χ0) is 21.2. The van der Waals surface area contributed by atoms with Crippen LogP contribution in [0.15, 0.2) is 54.2 Å². The van der Waals surface area contributed by atoms with Crippen molar-refractivity contribution in [3.05, 3.63) is 70.9 Å². The van der Waals surface area contributed by atoms with Crippen LogP contribution in [0.3, 0.4) is 0 Å². The number of para-hydroxylation sites is 1. The van der Waals surface area contributed by atoms with Crippen molar-refractivity contribution in [1.29, 1.82) is 0 Å². The second-order valence-corrected chi connectivity index (χ2v) is 7.89. The third kappa shape index (κ3) is 4.34. The minimum atomic E-state index is -0.572. The zero-order valence-electron chi connectivity index (χ0n) is 17.6. The summed E-state index contributed by atoms with van der Waals surface area (Å²) >= 11 is 0. The molecule has 1 aliphatic rings. The number of carbonyl (C=O) groups is 2. The SMILES string of the molecule is Cc1ccc(OCC(=O)OCC(=O)C=C2N(C)c3ccccc3C2(C)C)cc1C. The highest BCUT2D eigenvalue weighted by atomic mass is 16.6. The first-order valence-corrected chi connectivity index (χ1v) is 9.64. The molecule has 0 atom stereocenters. The van der Waals surface area contributed by atoms with Gasteiger partial charge in [0.05, 0.1) is 0 Å². The van der Waals surface area contributed by atoms with Crippen molar-refractivity contribution < 1.29 is 19.1 Å². The van der Waals surface area contributed by atoms with E-state index in [-0.39, 0.29) is 24.4 Å². The lowest BCUT2D eigenvalue weighted by molar-refractivity contribution is -0.148. The van der Waals surface area contributed by atoms with Gasteiger partial charge in [-0.3, -0.25) is 4.79 Å². The summed E-state index contributed by atoms with van der Waals surface area (Å²) in [5.74, 6) is -0.227. The fourth-order valence-corrected chi connectivity index (χ4v) is 3.59. The summed E-state index contributed by atoms with van der Waals surface area (Å²) in [6.07, 6.45) is 1.57. The van der Waals surface area contributed by atoms with Crippen LogP contribution in [-0.4, -0.2) is 32.0 Å². The molecule has 0 aromatic heterocycles. The van der Waals surface area contributed by atoms with Gasteiger partial charge in [-0.05, 0) is 48.7 Å². The highest BCUT2D eigenvalue weighted by Gasteiger charge is 2.38. The van der Waals surface area contributed by atoms with Crippen molar-refractivity contribution in [2.45, 2.75) is 33.1 Å². The molecule has 5 nitrogen and oxygen atoms in total. The first-order chi connectivity index (χ1) is 13.7. The van der Waals surface area contributed by atoms with Crippen molar-refractivity contribution in [3.8, 4) is 5.75 Å². The van der Waals surface area contributed by atoms with Crippen LogP contribution >= 0.6 is 0 Å². The first kappa shape index (κ1) is 20.6. The van der Waals surface area contributed by atoms with Gasteiger partial charge in [0.2, 0.25) is 0 Å². The summed E-state index contributed by atoms with van der Waals surface area (Å²) in [6.45, 7) is 7.61. The molecular formula is C24H27NO4. The molecule has 0 bridgehead atoms. The Hall–Kier alpha value is -3.08. The number of rotatable bonds is 6. The molecule has 0 amide bonds. The molecule has 0 fully saturated rings. The lowest BCUT2D eigenvalue weighted by Gasteiger charge is -2.23. The molecule has 1 heterocycles. The number of carbonyl (C=O) groups excluding carboxylic acids is 2. The molecule has 152 valence electrons. The minimum Gasteiger partial charge on any atom is -0.482 e. The fourth-order valence-electron chi connectivity index (χ4n) is 3.59. The second kappa shape index (κ2) is 8.11. The topological polar surface area (TPSA) is 55.8 Å². The van der Waals surface area contributed by atoms with Gasteiger partial charge in [-0.2, -0.15) is 0 Å². The van der Waals surface area contributed by atoms with Gasteiger partial charge in [0.25, 0.3) is 0 Å². The van der Waals surface area contributed by atoms with Gasteiger partial charge in [0, 0.05) is 29.9 Å². The van der Waals surface area contributed by atoms with Gasteiger partial charge in [-0.1, -0.05) is 38.1 Å². The third-order valence-corrected chi connectivity index (χ3v) is 5.45. The summed E-state index contributed by atoms with van der Waals surface area (Å²) in [5.41, 5.74) is 5.07. The fraction of sp³-hybridized carbons (Fsp3) is 0.333. The smallest absolute Gasteiger partial charge is 0.344 e. The number of likely N-dealkylation sites (N-methyl/N-ethyl adjacent to an activating group) is 1. The van der Waals surface area contributed by atoms with Crippen LogP contribution in [0.2, 0.25) is 0 Å². The zero-order valence-corrected chi connectivity index (χ0v) is 17.6. The Bertz CT molecular complexity index is 975. The predicted octanol–water partition coefficient (Wildman–Crippen LogP) is 4.11. The number of ketones is 1. The molecule has 5 heteroatoms. The summed E-state index contributed by atoms with van der Waals surface area (Å²) in [7, 11) is 1.94. The van der Waals surface area contributed by atoms with Crippen LogP contribution in [0.25, 0.3) is 0 Å². The Morgan fingerprint density at radius 1 is 1.03 bits per heavy atom. The van der Waals surface area contributed by atoms with Crippen molar-refractivity contribution in [2.24, 2.45) is 0 Å². The maximum Gasteiger partial charge on any atom is 0.344 e. The number of aryl methyl sites for hydroxylation is 2. The molecule has 0 spiro atoms. The summed E-state index contributed by atoms with van der Waals surface area (Å²) in [5, 5.41) is 0. The Balaban J connectivity index is 1.57. The molecule has 0 radical (unpaired) electrons. The lowest BCUT2D eigenvalue weighted by Crippen LogP contribution is -2.25. The van der Waals surface area contributed by atoms with Crippen LogP contribution in [0.1, 0.15) is 30.5 Å². The van der Waals surface area contributed by atoms with Crippen LogP contribution < -0.4 is 9.64 Å². The van der Waals surface area contributed by atoms with E-state index in [1.165, 1.54) is 5.56 Å². The molecule has 1 aliphatic heterocycles. The highest BCUT2D eigenvalue weighted by molar-refractivity contribution is 5.94. The standard InChI is InChI=1S/C24H27NO4/c1-16-10-11-19(12-17(16)2)28-15-23(27)29-14-18(26)13-22-24(3,4)20-8-6-7-9-21(20)25(22)5/h6-13H,14-15H2,1-5H3. The van der Waals surface area contributed by atoms with Crippen LogP contribution in [0.5, 0.6) is 5.75 Å². The summed E-state index contributed by atoms with van der Waals surface area (Å²) in [4.78, 5) is 26.4. The minimum absolute atomic E-state index is 0.233. The molecule has 0 saturated carbocycles. The van der Waals surface area contributed by atoms with E-state index in [1.807, 2.05) is 56.1 Å². The Labute approximate surface area is 171 Å². The molecular weight excluding hydrogens is 366 g/mol. The molecule has 0 unspecified atom stereocenters. The Morgan fingerprint density at radius 3 is 2.45 bits per heavy atom. The predicted molar refractivity (Wildman–Crippen MR) is 113 cm³/mol. The maximum atomic E-state index is 12.4. The molecule has 0 N–H and O–H groups in total. The lowest BCUT2D eigenvalue weighted by atomic mass is 9.83. The highest BCUT2D eigenvalue weighted by Crippen LogP contribution is 2.46. The number of nitrogens with zero attached hydrogens (tertiary/aromatic N) is 1. The first-order valence-electron chi connectivity index (χ1n) is 9.64. The van der Waals surface area contributed by atoms with E-state index in [0.717, 1.165) is 22.5 Å². The average molecular weight is 393 g/mol. The van der Waals surface area contributed by atoms with Crippen molar-refractivity contribution >= 4 is 17.4 Å². The van der Waals surface area contributed by atoms with E-state index >= 15 is 0 Å². The summed E-state index contributed by atoms with van der Waals surface area (Å²) in [6, 6.07) is 13.7. The van der Waals surface area contributed by atoms with E-state index in [1.54, 1.807) is 12.1 Å². The molecule has 0 saturated heterocycles. The largest absolute Gasteiger partial charge is 0.482 e. The molecule has 0 aliphatic carbocycles. The van der Waals surface area contributed by atoms with Gasteiger partial charge < -0.3 is 14.4 Å². The average Bonchev–Trinajstić information content (AvgIpc) is 2.88. The van der Waals surface area contributed by atoms with Crippen LogP contribution in [-0.2, 0) is 19.7 Å². The van der Waals surface area contributed by atoms with Gasteiger partial charge in [-0.25, -0.2) is 4.79 Å². The van der Waals surface area contributed by atoms with Crippen molar-refractivity contribution in [2.75, 3.05) is 25.2 Å². The van der Waals surface area contributed by atoms with Crippen molar-refractivity contribution in [1.82, 2.24) is 0 Å². The van der Waals surface area contributed by atoms with Gasteiger partial charge in [-0.15, -0.1) is 0 Å². The number of hydrogen-bond donors (Lipinski definition) is 0. The second-order valence-electron chi connectivity index (χ2n) is 7.89. The number of hydrogen-bond acceptors (Lipinski definition) is 5. The number of benzene rings is 2. The Kier molecular flexibility index (Phi) is 5.78. The normalized spacial score (nSPS) is 15.9. The van der Waals surface area contributed by atoms with E-state index < -0.39 is 5.97 Å². The van der Waals surface area contributed by atoms with Crippen LogP contribution in [0.4, 0.5) is 5.69 Å². The number of fused-ring (bicyclic) bond motifs is 1.